The first-order valence-electron chi connectivity index (χ1n) is 6.13. The van der Waals surface area contributed by atoms with E-state index >= 15 is 0 Å². The summed E-state index contributed by atoms with van der Waals surface area (Å²) in [5, 5.41) is 3.25. The number of carbonyl (C=O) groups excluding carboxylic acids is 2. The third-order valence-corrected chi connectivity index (χ3v) is 3.40. The molecule has 1 aromatic carbocycles. The lowest BCUT2D eigenvalue weighted by atomic mass is 9.88. The van der Waals surface area contributed by atoms with Crippen LogP contribution >= 0.6 is 0 Å². The maximum Gasteiger partial charge on any atom is 0.234 e. The van der Waals surface area contributed by atoms with Crippen LogP contribution < -0.4 is 11.1 Å². The number of hydrogen-bond acceptors (Lipinski definition) is 4. The lowest BCUT2D eigenvalue weighted by Crippen LogP contribution is -2.39. The number of amides is 2. The zero-order valence-electron chi connectivity index (χ0n) is 10.2. The molecule has 0 saturated carbocycles. The minimum absolute atomic E-state index is 0.209. The highest BCUT2D eigenvalue weighted by Crippen LogP contribution is 2.30. The molecule has 1 aromatic heterocycles. The lowest BCUT2D eigenvalue weighted by Gasteiger charge is -2.22. The summed E-state index contributed by atoms with van der Waals surface area (Å²) in [4.78, 5) is 27.4. The number of nitrogens with one attached hydrogen (secondary N) is 1. The van der Waals surface area contributed by atoms with Gasteiger partial charge in [-0.15, -0.1) is 0 Å². The second-order valence-electron chi connectivity index (χ2n) is 4.69. The molecule has 96 valence electrons. The summed E-state index contributed by atoms with van der Waals surface area (Å²) in [6.07, 6.45) is 2.48. The maximum absolute atomic E-state index is 12.0. The highest BCUT2D eigenvalue weighted by atomic mass is 16.2. The Bertz CT molecular complexity index is 681. The molecule has 1 atom stereocenters. The largest absolute Gasteiger partial charge is 0.397 e. The van der Waals surface area contributed by atoms with Crippen molar-refractivity contribution >= 4 is 28.4 Å². The number of rotatable bonds is 1. The molecule has 5 heteroatoms. The molecule has 19 heavy (non-hydrogen) atoms. The van der Waals surface area contributed by atoms with E-state index in [4.69, 9.17) is 5.73 Å². The van der Waals surface area contributed by atoms with Crippen molar-refractivity contribution in [3.8, 4) is 0 Å². The van der Waals surface area contributed by atoms with Gasteiger partial charge in [0, 0.05) is 11.8 Å². The van der Waals surface area contributed by atoms with Crippen molar-refractivity contribution in [3.05, 3.63) is 36.0 Å². The van der Waals surface area contributed by atoms with Crippen molar-refractivity contribution in [2.45, 2.75) is 18.8 Å². The average molecular weight is 255 g/mol. The van der Waals surface area contributed by atoms with Gasteiger partial charge in [0.05, 0.1) is 23.3 Å². The fraction of sp³-hybridized carbons (Fsp3) is 0.214. The smallest absolute Gasteiger partial charge is 0.234 e. The molecule has 5 nitrogen and oxygen atoms in total. The second kappa shape index (κ2) is 4.35. The van der Waals surface area contributed by atoms with E-state index in [-0.39, 0.29) is 17.7 Å². The van der Waals surface area contributed by atoms with Crippen molar-refractivity contribution < 1.29 is 9.59 Å². The number of hydrogen-bond donors (Lipinski definition) is 2. The zero-order chi connectivity index (χ0) is 13.4. The van der Waals surface area contributed by atoms with Crippen molar-refractivity contribution in [1.29, 1.82) is 0 Å². The first-order chi connectivity index (χ1) is 9.15. The van der Waals surface area contributed by atoms with Crippen molar-refractivity contribution in [1.82, 2.24) is 10.3 Å². The highest BCUT2D eigenvalue weighted by Gasteiger charge is 2.29. The molecule has 3 N–H and O–H groups in total. The molecule has 0 radical (unpaired) electrons. The van der Waals surface area contributed by atoms with Crippen LogP contribution in [0.3, 0.4) is 0 Å². The number of benzene rings is 1. The summed E-state index contributed by atoms with van der Waals surface area (Å²) in [6, 6.07) is 7.46. The van der Waals surface area contributed by atoms with Gasteiger partial charge in [0.15, 0.2) is 0 Å². The number of aromatic nitrogens is 1. The number of carbonyl (C=O) groups is 2. The Balaban J connectivity index is 2.12. The fourth-order valence-electron chi connectivity index (χ4n) is 2.48. The summed E-state index contributed by atoms with van der Waals surface area (Å²) in [7, 11) is 0. The molecule has 1 saturated heterocycles. The topological polar surface area (TPSA) is 85.1 Å². The van der Waals surface area contributed by atoms with Gasteiger partial charge >= 0.3 is 0 Å². The van der Waals surface area contributed by atoms with Gasteiger partial charge in [-0.3, -0.25) is 19.9 Å². The van der Waals surface area contributed by atoms with Crippen molar-refractivity contribution in [2.75, 3.05) is 5.73 Å². The minimum atomic E-state index is -0.315. The predicted molar refractivity (Wildman–Crippen MR) is 71.3 cm³/mol. The van der Waals surface area contributed by atoms with Gasteiger partial charge in [0.1, 0.15) is 0 Å². The van der Waals surface area contributed by atoms with E-state index in [1.165, 1.54) is 0 Å². The number of fused-ring (bicyclic) bond motifs is 1. The Morgan fingerprint density at radius 2 is 2.16 bits per heavy atom. The van der Waals surface area contributed by atoms with Crippen LogP contribution in [0.5, 0.6) is 0 Å². The molecule has 2 amide bonds. The second-order valence-corrected chi connectivity index (χ2v) is 4.69. The minimum Gasteiger partial charge on any atom is -0.397 e. The molecule has 1 unspecified atom stereocenters. The molecule has 1 aliphatic rings. The average Bonchev–Trinajstić information content (AvgIpc) is 2.38. The standard InChI is InChI=1S/C14H13N3O2/c15-8-6-11-9(2-1-3-12(11)16-7-8)10-4-5-13(18)17-14(10)19/h1-3,6-7,10H,4-5,15H2,(H,17,18,19). The zero-order valence-corrected chi connectivity index (χ0v) is 10.2. The molecular formula is C14H13N3O2. The van der Waals surface area contributed by atoms with E-state index in [0.29, 0.717) is 18.5 Å². The monoisotopic (exact) mass is 255 g/mol. The van der Waals surface area contributed by atoms with E-state index in [1.54, 1.807) is 6.20 Å². The van der Waals surface area contributed by atoms with E-state index in [2.05, 4.69) is 10.3 Å². The van der Waals surface area contributed by atoms with Crippen LogP contribution in [0.4, 0.5) is 5.69 Å². The number of anilines is 1. The molecule has 2 aromatic rings. The Morgan fingerprint density at radius 1 is 1.32 bits per heavy atom. The molecular weight excluding hydrogens is 242 g/mol. The Labute approximate surface area is 109 Å². The first kappa shape index (κ1) is 11.6. The van der Waals surface area contributed by atoms with Crippen LogP contribution in [0, 0.1) is 0 Å². The molecule has 1 fully saturated rings. The van der Waals surface area contributed by atoms with Gasteiger partial charge in [0.25, 0.3) is 0 Å². The van der Waals surface area contributed by atoms with Gasteiger partial charge < -0.3 is 5.73 Å². The fourth-order valence-corrected chi connectivity index (χ4v) is 2.48. The van der Waals surface area contributed by atoms with Crippen LogP contribution in [0.1, 0.15) is 24.3 Å². The molecule has 1 aliphatic heterocycles. The number of nitrogen functional groups attached to an aromatic ring is 1. The molecule has 0 bridgehead atoms. The van der Waals surface area contributed by atoms with Crippen LogP contribution in [-0.4, -0.2) is 16.8 Å². The Morgan fingerprint density at radius 3 is 2.95 bits per heavy atom. The summed E-state index contributed by atoms with van der Waals surface area (Å²) in [6.45, 7) is 0. The number of nitrogens with two attached hydrogens (primary N) is 1. The SMILES string of the molecule is Nc1cnc2cccc(C3CCC(=O)NC3=O)c2c1. The van der Waals surface area contributed by atoms with Crippen LogP contribution in [0.15, 0.2) is 30.5 Å². The molecule has 3 rings (SSSR count). The predicted octanol–water partition coefficient (Wildman–Crippen LogP) is 1.34. The molecule has 0 aliphatic carbocycles. The van der Waals surface area contributed by atoms with Gasteiger partial charge in [-0.2, -0.15) is 0 Å². The summed E-state index contributed by atoms with van der Waals surface area (Å²) >= 11 is 0. The highest BCUT2D eigenvalue weighted by molar-refractivity contribution is 6.02. The van der Waals surface area contributed by atoms with Gasteiger partial charge in [-0.1, -0.05) is 12.1 Å². The van der Waals surface area contributed by atoms with Gasteiger partial charge in [-0.05, 0) is 24.1 Å². The summed E-state index contributed by atoms with van der Waals surface area (Å²) < 4.78 is 0. The van der Waals surface area contributed by atoms with Gasteiger partial charge in [-0.25, -0.2) is 0 Å². The maximum atomic E-state index is 12.0. The third-order valence-electron chi connectivity index (χ3n) is 3.40. The van der Waals surface area contributed by atoms with Gasteiger partial charge in [0.2, 0.25) is 11.8 Å². The number of nitrogens with zero attached hydrogens (tertiary/aromatic N) is 1. The Hall–Kier alpha value is -2.43. The van der Waals surface area contributed by atoms with E-state index in [0.717, 1.165) is 16.5 Å². The van der Waals surface area contributed by atoms with Crippen LogP contribution in [0.2, 0.25) is 0 Å². The number of piperidine rings is 1. The Kier molecular flexibility index (Phi) is 2.67. The quantitative estimate of drug-likeness (QED) is 0.753. The number of pyridine rings is 1. The summed E-state index contributed by atoms with van der Waals surface area (Å²) in [5.74, 6) is -0.768. The van der Waals surface area contributed by atoms with Crippen molar-refractivity contribution in [3.63, 3.8) is 0 Å². The molecule has 0 spiro atoms. The third kappa shape index (κ3) is 2.03. The normalized spacial score (nSPS) is 19.5. The van der Waals surface area contributed by atoms with Crippen LogP contribution in [0.25, 0.3) is 10.9 Å². The molecule has 2 heterocycles. The lowest BCUT2D eigenvalue weighted by molar-refractivity contribution is -0.134. The van der Waals surface area contributed by atoms with E-state index in [9.17, 15) is 9.59 Å². The van der Waals surface area contributed by atoms with Crippen LogP contribution in [-0.2, 0) is 9.59 Å². The number of imide groups is 1. The first-order valence-corrected chi connectivity index (χ1v) is 6.13. The van der Waals surface area contributed by atoms with E-state index in [1.807, 2.05) is 24.3 Å². The van der Waals surface area contributed by atoms with Crippen molar-refractivity contribution in [2.24, 2.45) is 0 Å². The van der Waals surface area contributed by atoms with E-state index < -0.39 is 0 Å². The summed E-state index contributed by atoms with van der Waals surface area (Å²) in [5.41, 5.74) is 8.00.